The number of benzene rings is 1. The SMILES string of the molecule is CCCCCCCCCC[Si](C)(C)CCCCC(=O)Nc1ccccc1C. The van der Waals surface area contributed by atoms with Crippen molar-refractivity contribution < 1.29 is 4.79 Å². The van der Waals surface area contributed by atoms with Gasteiger partial charge in [0.1, 0.15) is 0 Å². The second-order valence-electron chi connectivity index (χ2n) is 8.96. The number of aryl methyl sites for hydroxylation is 1. The van der Waals surface area contributed by atoms with Gasteiger partial charge in [-0.15, -0.1) is 0 Å². The summed E-state index contributed by atoms with van der Waals surface area (Å²) in [5.41, 5.74) is 2.08. The number of para-hydroxylation sites is 1. The van der Waals surface area contributed by atoms with E-state index in [0.717, 1.165) is 17.7 Å². The Morgan fingerprint density at radius 1 is 0.852 bits per heavy atom. The summed E-state index contributed by atoms with van der Waals surface area (Å²) in [5.74, 6) is 0.159. The fraction of sp³-hybridized carbons (Fsp3) is 0.708. The minimum atomic E-state index is -1.07. The quantitative estimate of drug-likeness (QED) is 0.239. The number of hydrogen-bond acceptors (Lipinski definition) is 1. The molecule has 0 aliphatic heterocycles. The zero-order valence-electron chi connectivity index (χ0n) is 18.4. The molecule has 0 saturated heterocycles. The fourth-order valence-corrected chi connectivity index (χ4v) is 6.34. The summed E-state index contributed by atoms with van der Waals surface area (Å²) in [4.78, 5) is 12.1. The van der Waals surface area contributed by atoms with Gasteiger partial charge in [-0.05, 0) is 25.0 Å². The second kappa shape index (κ2) is 14.0. The van der Waals surface area contributed by atoms with Crippen molar-refractivity contribution in [2.75, 3.05) is 5.32 Å². The maximum Gasteiger partial charge on any atom is 0.224 e. The van der Waals surface area contributed by atoms with Gasteiger partial charge in [0.05, 0.1) is 0 Å². The second-order valence-corrected chi connectivity index (χ2v) is 14.3. The maximum atomic E-state index is 12.1. The van der Waals surface area contributed by atoms with Crippen molar-refractivity contribution in [3.63, 3.8) is 0 Å². The van der Waals surface area contributed by atoms with E-state index >= 15 is 0 Å². The molecule has 1 rings (SSSR count). The first-order chi connectivity index (χ1) is 12.9. The van der Waals surface area contributed by atoms with Crippen molar-refractivity contribution in [3.8, 4) is 0 Å². The zero-order valence-corrected chi connectivity index (χ0v) is 19.4. The first-order valence-corrected chi connectivity index (χ1v) is 14.7. The van der Waals surface area contributed by atoms with Gasteiger partial charge in [0.25, 0.3) is 0 Å². The predicted octanol–water partition coefficient (Wildman–Crippen LogP) is 7.95. The topological polar surface area (TPSA) is 29.1 Å². The third kappa shape index (κ3) is 12.1. The number of unbranched alkanes of at least 4 members (excludes halogenated alkanes) is 8. The van der Waals surface area contributed by atoms with E-state index in [1.807, 2.05) is 31.2 Å². The zero-order chi connectivity index (χ0) is 20.0. The highest BCUT2D eigenvalue weighted by atomic mass is 28.3. The van der Waals surface area contributed by atoms with E-state index in [1.165, 1.54) is 69.9 Å². The van der Waals surface area contributed by atoms with Gasteiger partial charge >= 0.3 is 0 Å². The Kier molecular flexibility index (Phi) is 12.4. The molecular weight excluding hydrogens is 346 g/mol. The minimum absolute atomic E-state index is 0.159. The smallest absolute Gasteiger partial charge is 0.224 e. The van der Waals surface area contributed by atoms with E-state index in [9.17, 15) is 4.79 Å². The van der Waals surface area contributed by atoms with Crippen LogP contribution in [-0.2, 0) is 4.79 Å². The van der Waals surface area contributed by atoms with Gasteiger partial charge in [-0.25, -0.2) is 0 Å². The predicted molar refractivity (Wildman–Crippen MR) is 123 cm³/mol. The lowest BCUT2D eigenvalue weighted by Crippen LogP contribution is -2.24. The Morgan fingerprint density at radius 3 is 2.04 bits per heavy atom. The van der Waals surface area contributed by atoms with Crippen LogP contribution in [0.5, 0.6) is 0 Å². The normalized spacial score (nSPS) is 11.6. The summed E-state index contributed by atoms with van der Waals surface area (Å²) >= 11 is 0. The van der Waals surface area contributed by atoms with Crippen LogP contribution in [0.1, 0.15) is 83.1 Å². The molecule has 0 saturated carbocycles. The summed E-state index contributed by atoms with van der Waals surface area (Å²) < 4.78 is 0. The monoisotopic (exact) mass is 389 g/mol. The molecule has 0 bridgehead atoms. The molecule has 154 valence electrons. The van der Waals surface area contributed by atoms with E-state index in [2.05, 4.69) is 25.3 Å². The summed E-state index contributed by atoms with van der Waals surface area (Å²) in [5, 5.41) is 3.05. The summed E-state index contributed by atoms with van der Waals surface area (Å²) in [6.07, 6.45) is 14.2. The van der Waals surface area contributed by atoms with Gasteiger partial charge in [-0.3, -0.25) is 4.79 Å². The number of hydrogen-bond donors (Lipinski definition) is 1. The Bertz CT molecular complexity index is 527. The van der Waals surface area contributed by atoms with E-state index < -0.39 is 8.07 Å². The van der Waals surface area contributed by atoms with Crippen molar-refractivity contribution in [1.29, 1.82) is 0 Å². The highest BCUT2D eigenvalue weighted by Gasteiger charge is 2.19. The van der Waals surface area contributed by atoms with Crippen molar-refractivity contribution >= 4 is 19.7 Å². The van der Waals surface area contributed by atoms with Crippen LogP contribution in [0.4, 0.5) is 5.69 Å². The average Bonchev–Trinajstić information content (AvgIpc) is 2.63. The molecule has 0 atom stereocenters. The number of amides is 1. The van der Waals surface area contributed by atoms with E-state index in [-0.39, 0.29) is 5.91 Å². The minimum Gasteiger partial charge on any atom is -0.326 e. The standard InChI is InChI=1S/C24H43NOSi/c1-5-6-7-8-9-10-11-15-20-27(3,4)21-16-14-19-24(26)25-23-18-13-12-17-22(23)2/h12-13,17-18H,5-11,14-16,19-21H2,1-4H3,(H,25,26). The molecule has 0 fully saturated rings. The lowest BCUT2D eigenvalue weighted by Gasteiger charge is -2.22. The number of rotatable bonds is 15. The highest BCUT2D eigenvalue weighted by molar-refractivity contribution is 6.77. The van der Waals surface area contributed by atoms with Crippen molar-refractivity contribution in [1.82, 2.24) is 0 Å². The molecule has 0 aromatic heterocycles. The molecule has 0 heterocycles. The third-order valence-electron chi connectivity index (χ3n) is 5.63. The van der Waals surface area contributed by atoms with E-state index in [0.29, 0.717) is 6.42 Å². The van der Waals surface area contributed by atoms with Gasteiger partial charge in [0, 0.05) is 20.2 Å². The van der Waals surface area contributed by atoms with Crippen LogP contribution in [0.3, 0.4) is 0 Å². The number of anilines is 1. The van der Waals surface area contributed by atoms with Crippen LogP contribution in [0, 0.1) is 6.92 Å². The Hall–Kier alpha value is -1.09. The lowest BCUT2D eigenvalue weighted by atomic mass is 10.1. The molecule has 0 radical (unpaired) electrons. The molecular formula is C24H43NOSi. The molecule has 27 heavy (non-hydrogen) atoms. The highest BCUT2D eigenvalue weighted by Crippen LogP contribution is 2.23. The molecule has 0 unspecified atom stereocenters. The van der Waals surface area contributed by atoms with E-state index in [1.54, 1.807) is 0 Å². The Balaban J connectivity index is 2.07. The van der Waals surface area contributed by atoms with Crippen LogP contribution in [-0.4, -0.2) is 14.0 Å². The average molecular weight is 390 g/mol. The Labute approximate surface area is 169 Å². The fourth-order valence-electron chi connectivity index (χ4n) is 3.68. The molecule has 1 aromatic carbocycles. The van der Waals surface area contributed by atoms with Crippen LogP contribution < -0.4 is 5.32 Å². The van der Waals surface area contributed by atoms with Crippen molar-refractivity contribution in [3.05, 3.63) is 29.8 Å². The van der Waals surface area contributed by atoms with Crippen molar-refractivity contribution in [2.45, 2.75) is 110 Å². The van der Waals surface area contributed by atoms with Gasteiger partial charge in [0.2, 0.25) is 5.91 Å². The Morgan fingerprint density at radius 2 is 1.41 bits per heavy atom. The summed E-state index contributed by atoms with van der Waals surface area (Å²) in [6.45, 7) is 9.38. The molecule has 0 aliphatic carbocycles. The third-order valence-corrected chi connectivity index (χ3v) is 9.05. The lowest BCUT2D eigenvalue weighted by molar-refractivity contribution is -0.116. The van der Waals surface area contributed by atoms with Gasteiger partial charge in [-0.1, -0.05) is 108 Å². The van der Waals surface area contributed by atoms with Gasteiger partial charge in [0.15, 0.2) is 0 Å². The molecule has 2 nitrogen and oxygen atoms in total. The number of nitrogens with one attached hydrogen (secondary N) is 1. The van der Waals surface area contributed by atoms with Crippen LogP contribution >= 0.6 is 0 Å². The molecule has 1 amide bonds. The van der Waals surface area contributed by atoms with Gasteiger partial charge < -0.3 is 5.32 Å². The molecule has 0 aliphatic rings. The summed E-state index contributed by atoms with van der Waals surface area (Å²) in [7, 11) is -1.07. The largest absolute Gasteiger partial charge is 0.326 e. The van der Waals surface area contributed by atoms with Crippen LogP contribution in [0.15, 0.2) is 24.3 Å². The number of carbonyl (C=O) groups is 1. The molecule has 1 aromatic rings. The number of carbonyl (C=O) groups excluding carboxylic acids is 1. The molecule has 1 N–H and O–H groups in total. The molecule has 0 spiro atoms. The van der Waals surface area contributed by atoms with Crippen LogP contribution in [0.25, 0.3) is 0 Å². The first-order valence-electron chi connectivity index (χ1n) is 11.3. The molecule has 3 heteroatoms. The first kappa shape index (κ1) is 23.9. The summed E-state index contributed by atoms with van der Waals surface area (Å²) in [6, 6.07) is 10.8. The van der Waals surface area contributed by atoms with E-state index in [4.69, 9.17) is 0 Å². The van der Waals surface area contributed by atoms with Gasteiger partial charge in [-0.2, -0.15) is 0 Å². The van der Waals surface area contributed by atoms with Crippen LogP contribution in [0.2, 0.25) is 25.2 Å². The van der Waals surface area contributed by atoms with Crippen molar-refractivity contribution in [2.24, 2.45) is 0 Å². The maximum absolute atomic E-state index is 12.1.